The lowest BCUT2D eigenvalue weighted by Crippen LogP contribution is -1.99. The molecule has 5 nitrogen and oxygen atoms in total. The van der Waals surface area contributed by atoms with Gasteiger partial charge in [0.05, 0.1) is 33.1 Å². The van der Waals surface area contributed by atoms with Gasteiger partial charge in [0.1, 0.15) is 11.6 Å². The zero-order chi connectivity index (χ0) is 29.0. The van der Waals surface area contributed by atoms with E-state index in [1.54, 1.807) is 0 Å². The molecule has 206 valence electrons. The summed E-state index contributed by atoms with van der Waals surface area (Å²) in [6.45, 7) is 0. The van der Waals surface area contributed by atoms with Gasteiger partial charge in [-0.1, -0.05) is 97.1 Å². The Kier molecular flexibility index (Phi) is 5.43. The molecule has 44 heavy (non-hydrogen) atoms. The van der Waals surface area contributed by atoms with Gasteiger partial charge >= 0.3 is 0 Å². The Morgan fingerprint density at radius 3 is 1.23 bits per heavy atom. The zero-order valence-corrected chi connectivity index (χ0v) is 23.7. The number of hydrogen-bond donors (Lipinski definition) is 0. The topological polar surface area (TPSA) is 48.5 Å². The summed E-state index contributed by atoms with van der Waals surface area (Å²) >= 11 is 0. The summed E-state index contributed by atoms with van der Waals surface area (Å²) < 4.78 is 4.44. The maximum atomic E-state index is 5.36. The van der Waals surface area contributed by atoms with Crippen LogP contribution in [0.4, 0.5) is 0 Å². The molecule has 0 spiro atoms. The Bertz CT molecular complexity index is 2280. The lowest BCUT2D eigenvalue weighted by Gasteiger charge is -2.10. The van der Waals surface area contributed by atoms with E-state index in [9.17, 15) is 0 Å². The molecule has 0 aliphatic rings. The van der Waals surface area contributed by atoms with Crippen LogP contribution in [0.15, 0.2) is 152 Å². The summed E-state index contributed by atoms with van der Waals surface area (Å²) in [5.74, 6) is 1.70. The Morgan fingerprint density at radius 2 is 0.795 bits per heavy atom. The summed E-state index contributed by atoms with van der Waals surface area (Å²) in [5, 5.41) is 2.20. The number of nitrogens with zero attached hydrogens (tertiary/aromatic N) is 5. The van der Waals surface area contributed by atoms with Crippen molar-refractivity contribution in [2.45, 2.75) is 0 Å². The average Bonchev–Trinajstić information content (AvgIpc) is 3.60. The highest BCUT2D eigenvalue weighted by molar-refractivity contribution is 6.15. The number of pyridine rings is 3. The fraction of sp³-hybridized carbons (Fsp3) is 0. The maximum Gasteiger partial charge on any atom is 0.137 e. The molecule has 0 fully saturated rings. The normalized spacial score (nSPS) is 11.6. The van der Waals surface area contributed by atoms with E-state index < -0.39 is 0 Å². The minimum Gasteiger partial charge on any atom is -0.292 e. The average molecular weight is 564 g/mol. The highest BCUT2D eigenvalue weighted by Gasteiger charge is 2.20. The van der Waals surface area contributed by atoms with Gasteiger partial charge in [0.15, 0.2) is 0 Å². The van der Waals surface area contributed by atoms with Gasteiger partial charge in [0, 0.05) is 34.3 Å². The van der Waals surface area contributed by atoms with Crippen molar-refractivity contribution in [2.75, 3.05) is 0 Å². The van der Waals surface area contributed by atoms with E-state index >= 15 is 0 Å². The molecule has 9 rings (SSSR count). The van der Waals surface area contributed by atoms with Crippen LogP contribution in [0.25, 0.3) is 77.8 Å². The van der Waals surface area contributed by atoms with Crippen LogP contribution in [-0.2, 0) is 0 Å². The molecule has 0 aliphatic heterocycles. The van der Waals surface area contributed by atoms with E-state index in [1.807, 2.05) is 24.5 Å². The Hall–Kier alpha value is -6.07. The van der Waals surface area contributed by atoms with Gasteiger partial charge in [-0.05, 0) is 53.6 Å². The Morgan fingerprint density at radius 1 is 0.364 bits per heavy atom. The third-order valence-electron chi connectivity index (χ3n) is 8.43. The second-order valence-corrected chi connectivity index (χ2v) is 11.0. The van der Waals surface area contributed by atoms with E-state index in [4.69, 9.17) is 15.0 Å². The SMILES string of the molecule is c1ccc(-c2ccc(-n3c4ccccc4c4nc5c6ccccc6n(-c6ccc(-c7ccccc7)cn6)c5cc43)nc2)cc1. The lowest BCUT2D eigenvalue weighted by atomic mass is 10.1. The third kappa shape index (κ3) is 3.76. The van der Waals surface area contributed by atoms with Crippen molar-refractivity contribution in [3.63, 3.8) is 0 Å². The van der Waals surface area contributed by atoms with E-state index in [0.29, 0.717) is 0 Å². The highest BCUT2D eigenvalue weighted by Crippen LogP contribution is 2.37. The number of aromatic nitrogens is 5. The van der Waals surface area contributed by atoms with Gasteiger partial charge in [-0.15, -0.1) is 0 Å². The van der Waals surface area contributed by atoms with Gasteiger partial charge in [0.25, 0.3) is 0 Å². The first-order chi connectivity index (χ1) is 21.8. The van der Waals surface area contributed by atoms with Crippen molar-refractivity contribution in [3.05, 3.63) is 152 Å². The molecule has 0 amide bonds. The van der Waals surface area contributed by atoms with Crippen LogP contribution < -0.4 is 0 Å². The van der Waals surface area contributed by atoms with E-state index in [-0.39, 0.29) is 0 Å². The van der Waals surface area contributed by atoms with E-state index in [2.05, 4.69) is 137 Å². The molecule has 0 radical (unpaired) electrons. The molecule has 0 atom stereocenters. The van der Waals surface area contributed by atoms with Crippen LogP contribution in [-0.4, -0.2) is 24.1 Å². The predicted octanol–water partition coefficient (Wildman–Crippen LogP) is 9.40. The Balaban J connectivity index is 1.29. The summed E-state index contributed by atoms with van der Waals surface area (Å²) in [7, 11) is 0. The second-order valence-electron chi connectivity index (χ2n) is 11.0. The monoisotopic (exact) mass is 563 g/mol. The molecule has 4 aromatic carbocycles. The minimum absolute atomic E-state index is 0.852. The maximum absolute atomic E-state index is 5.36. The van der Waals surface area contributed by atoms with Crippen LogP contribution in [0.5, 0.6) is 0 Å². The predicted molar refractivity (Wildman–Crippen MR) is 179 cm³/mol. The first-order valence-electron chi connectivity index (χ1n) is 14.7. The number of para-hydroxylation sites is 2. The standard InChI is InChI=1S/C39H25N5/c1-3-11-26(12-4-1)28-19-21-36(40-24-28)43-32-17-9-7-15-30(32)38-34(43)23-35-39(42-38)31-16-8-10-18-33(31)44(35)37-22-20-29(25-41-37)27-13-5-2-6-14-27/h1-25H. The summed E-state index contributed by atoms with van der Waals surface area (Å²) in [5.41, 5.74) is 10.5. The van der Waals surface area contributed by atoms with Crippen LogP contribution in [0.1, 0.15) is 0 Å². The van der Waals surface area contributed by atoms with Crippen molar-refractivity contribution in [3.8, 4) is 33.9 Å². The van der Waals surface area contributed by atoms with Crippen molar-refractivity contribution in [1.29, 1.82) is 0 Å². The smallest absolute Gasteiger partial charge is 0.137 e. The minimum atomic E-state index is 0.852. The number of benzene rings is 4. The Labute approximate surface area is 253 Å². The largest absolute Gasteiger partial charge is 0.292 e. The fourth-order valence-corrected chi connectivity index (χ4v) is 6.36. The van der Waals surface area contributed by atoms with Crippen LogP contribution in [0.2, 0.25) is 0 Å². The number of rotatable bonds is 4. The molecule has 0 N–H and O–H groups in total. The number of fused-ring (bicyclic) bond motifs is 6. The highest BCUT2D eigenvalue weighted by atomic mass is 15.1. The molecule has 0 bridgehead atoms. The van der Waals surface area contributed by atoms with Gasteiger partial charge in [-0.3, -0.25) is 9.13 Å². The molecule has 0 saturated heterocycles. The lowest BCUT2D eigenvalue weighted by molar-refractivity contribution is 1.07. The third-order valence-corrected chi connectivity index (χ3v) is 8.43. The second kappa shape index (κ2) is 9.75. The van der Waals surface area contributed by atoms with Crippen LogP contribution >= 0.6 is 0 Å². The van der Waals surface area contributed by atoms with Gasteiger partial charge in [0.2, 0.25) is 0 Å². The molecule has 0 unspecified atom stereocenters. The molecule has 9 aromatic rings. The quantitative estimate of drug-likeness (QED) is 0.214. The van der Waals surface area contributed by atoms with Crippen molar-refractivity contribution < 1.29 is 0 Å². The van der Waals surface area contributed by atoms with E-state index in [1.165, 1.54) is 0 Å². The summed E-state index contributed by atoms with van der Waals surface area (Å²) in [4.78, 5) is 15.3. The molecule has 5 aromatic heterocycles. The molecule has 5 heteroatoms. The summed E-state index contributed by atoms with van der Waals surface area (Å²) in [6.07, 6.45) is 3.90. The van der Waals surface area contributed by atoms with E-state index in [0.717, 1.165) is 77.8 Å². The van der Waals surface area contributed by atoms with Crippen molar-refractivity contribution >= 4 is 43.9 Å². The summed E-state index contributed by atoms with van der Waals surface area (Å²) in [6, 6.07) is 48.3. The molecule has 5 heterocycles. The van der Waals surface area contributed by atoms with Crippen LogP contribution in [0.3, 0.4) is 0 Å². The van der Waals surface area contributed by atoms with Crippen molar-refractivity contribution in [2.24, 2.45) is 0 Å². The molecule has 0 aliphatic carbocycles. The van der Waals surface area contributed by atoms with Crippen molar-refractivity contribution in [1.82, 2.24) is 24.1 Å². The first-order valence-corrected chi connectivity index (χ1v) is 14.7. The van der Waals surface area contributed by atoms with Gasteiger partial charge < -0.3 is 0 Å². The first kappa shape index (κ1) is 24.5. The van der Waals surface area contributed by atoms with Gasteiger partial charge in [-0.25, -0.2) is 15.0 Å². The fourth-order valence-electron chi connectivity index (χ4n) is 6.36. The van der Waals surface area contributed by atoms with Crippen LogP contribution in [0, 0.1) is 0 Å². The zero-order valence-electron chi connectivity index (χ0n) is 23.7. The molecular formula is C39H25N5. The molecular weight excluding hydrogens is 538 g/mol. The molecule has 0 saturated carbocycles. The number of hydrogen-bond acceptors (Lipinski definition) is 3. The van der Waals surface area contributed by atoms with Gasteiger partial charge in [-0.2, -0.15) is 0 Å².